The molecule has 2 N–H and O–H groups in total. The Morgan fingerprint density at radius 1 is 1.46 bits per heavy atom. The highest BCUT2D eigenvalue weighted by molar-refractivity contribution is 5.70. The summed E-state index contributed by atoms with van der Waals surface area (Å²) < 4.78 is 0. The molecular formula is C9H7NO3. The number of carbonyl (C=O) groups is 1. The molecule has 0 saturated heterocycles. The first kappa shape index (κ1) is 9.07. The average molecular weight is 177 g/mol. The summed E-state index contributed by atoms with van der Waals surface area (Å²) in [7, 11) is 0. The van der Waals surface area contributed by atoms with Gasteiger partial charge in [0.25, 0.3) is 0 Å². The fourth-order valence-electron chi connectivity index (χ4n) is 1.02. The lowest BCUT2D eigenvalue weighted by Crippen LogP contribution is -1.99. The largest absolute Gasteiger partial charge is 0.508 e. The van der Waals surface area contributed by atoms with Crippen molar-refractivity contribution in [1.82, 2.24) is 0 Å². The van der Waals surface area contributed by atoms with E-state index < -0.39 is 5.97 Å². The summed E-state index contributed by atoms with van der Waals surface area (Å²) in [5.41, 5.74) is 0.681. The van der Waals surface area contributed by atoms with Crippen molar-refractivity contribution in [2.45, 2.75) is 6.42 Å². The van der Waals surface area contributed by atoms with Crippen LogP contribution in [0.4, 0.5) is 0 Å². The molecule has 0 radical (unpaired) electrons. The van der Waals surface area contributed by atoms with E-state index in [1.165, 1.54) is 18.2 Å². The summed E-state index contributed by atoms with van der Waals surface area (Å²) in [4.78, 5) is 10.3. The molecule has 1 aromatic rings. The summed E-state index contributed by atoms with van der Waals surface area (Å²) >= 11 is 0. The molecule has 0 atom stereocenters. The van der Waals surface area contributed by atoms with Crippen LogP contribution in [0.5, 0.6) is 5.75 Å². The first-order valence-corrected chi connectivity index (χ1v) is 3.56. The molecule has 0 saturated carbocycles. The first-order chi connectivity index (χ1) is 6.11. The molecule has 0 aliphatic heterocycles. The van der Waals surface area contributed by atoms with Gasteiger partial charge in [-0.25, -0.2) is 0 Å². The average Bonchev–Trinajstić information content (AvgIpc) is 2.01. The molecule has 13 heavy (non-hydrogen) atoms. The first-order valence-electron chi connectivity index (χ1n) is 3.56. The van der Waals surface area contributed by atoms with Gasteiger partial charge in [0.1, 0.15) is 5.75 Å². The predicted octanol–water partition coefficient (Wildman–Crippen LogP) is 0.891. The number of hydrogen-bond donors (Lipinski definition) is 2. The number of rotatable bonds is 2. The number of phenols is 1. The Labute approximate surface area is 74.7 Å². The summed E-state index contributed by atoms with van der Waals surface area (Å²) in [5.74, 6) is -1.08. The zero-order chi connectivity index (χ0) is 9.84. The van der Waals surface area contributed by atoms with Gasteiger partial charge in [-0.05, 0) is 23.8 Å². The van der Waals surface area contributed by atoms with Crippen LogP contribution >= 0.6 is 0 Å². The molecule has 0 aliphatic rings. The maximum Gasteiger partial charge on any atom is 0.307 e. The van der Waals surface area contributed by atoms with E-state index in [9.17, 15) is 4.79 Å². The van der Waals surface area contributed by atoms with Gasteiger partial charge in [0.2, 0.25) is 0 Å². The molecule has 0 amide bonds. The van der Waals surface area contributed by atoms with Crippen molar-refractivity contribution in [2.24, 2.45) is 0 Å². The number of phenolic OH excluding ortho intramolecular Hbond substituents is 1. The third kappa shape index (κ3) is 2.49. The van der Waals surface area contributed by atoms with Crippen molar-refractivity contribution >= 4 is 5.97 Å². The minimum Gasteiger partial charge on any atom is -0.508 e. The van der Waals surface area contributed by atoms with Crippen LogP contribution in [0.2, 0.25) is 0 Å². The van der Waals surface area contributed by atoms with Gasteiger partial charge in [0.15, 0.2) is 0 Å². The fourth-order valence-corrected chi connectivity index (χ4v) is 1.02. The van der Waals surface area contributed by atoms with Gasteiger partial charge in [0.05, 0.1) is 18.1 Å². The Balaban J connectivity index is 3.03. The van der Waals surface area contributed by atoms with Crippen LogP contribution in [0.15, 0.2) is 18.2 Å². The molecular weight excluding hydrogens is 170 g/mol. The maximum absolute atomic E-state index is 10.3. The zero-order valence-electron chi connectivity index (χ0n) is 6.69. The number of nitriles is 1. The minimum atomic E-state index is -0.991. The van der Waals surface area contributed by atoms with Crippen molar-refractivity contribution < 1.29 is 15.0 Å². The standard InChI is InChI=1S/C9H7NO3/c10-5-7-1-6(4-9(12)13)2-8(11)3-7/h1-3,11H,4H2,(H,12,13). The third-order valence-electron chi connectivity index (χ3n) is 1.46. The second kappa shape index (κ2) is 3.59. The second-order valence-electron chi connectivity index (χ2n) is 2.57. The summed E-state index contributed by atoms with van der Waals surface area (Å²) in [6.07, 6.45) is -0.191. The van der Waals surface area contributed by atoms with Crippen LogP contribution in [-0.2, 0) is 11.2 Å². The van der Waals surface area contributed by atoms with Crippen LogP contribution in [0.3, 0.4) is 0 Å². The lowest BCUT2D eigenvalue weighted by Gasteiger charge is -1.98. The number of benzene rings is 1. The van der Waals surface area contributed by atoms with E-state index >= 15 is 0 Å². The summed E-state index contributed by atoms with van der Waals surface area (Å²) in [6, 6.07) is 5.88. The van der Waals surface area contributed by atoms with Gasteiger partial charge in [-0.3, -0.25) is 4.79 Å². The Kier molecular flexibility index (Phi) is 2.50. The Bertz CT molecular complexity index is 379. The summed E-state index contributed by atoms with van der Waals surface area (Å²) in [6.45, 7) is 0. The molecule has 1 aromatic carbocycles. The molecule has 66 valence electrons. The van der Waals surface area contributed by atoms with E-state index in [1.54, 1.807) is 0 Å². The molecule has 0 aromatic heterocycles. The number of aliphatic carboxylic acids is 1. The predicted molar refractivity (Wildman–Crippen MR) is 44.2 cm³/mol. The molecule has 0 heterocycles. The van der Waals surface area contributed by atoms with E-state index in [4.69, 9.17) is 15.5 Å². The Hall–Kier alpha value is -2.02. The molecule has 4 nitrogen and oxygen atoms in total. The highest BCUT2D eigenvalue weighted by atomic mass is 16.4. The number of nitrogens with zero attached hydrogens (tertiary/aromatic N) is 1. The van der Waals surface area contributed by atoms with Crippen molar-refractivity contribution in [3.8, 4) is 11.8 Å². The van der Waals surface area contributed by atoms with Crippen molar-refractivity contribution in [2.75, 3.05) is 0 Å². The highest BCUT2D eigenvalue weighted by Gasteiger charge is 2.03. The SMILES string of the molecule is N#Cc1cc(O)cc(CC(=O)O)c1. The smallest absolute Gasteiger partial charge is 0.307 e. The van der Waals surface area contributed by atoms with Gasteiger partial charge >= 0.3 is 5.97 Å². The van der Waals surface area contributed by atoms with E-state index in [0.717, 1.165) is 0 Å². The lowest BCUT2D eigenvalue weighted by molar-refractivity contribution is -0.136. The van der Waals surface area contributed by atoms with Crippen LogP contribution in [0.25, 0.3) is 0 Å². The number of hydrogen-bond acceptors (Lipinski definition) is 3. The molecule has 1 rings (SSSR count). The normalized spacial score (nSPS) is 9.15. The maximum atomic E-state index is 10.3. The number of aromatic hydroxyl groups is 1. The molecule has 0 spiro atoms. The molecule has 0 aliphatic carbocycles. The molecule has 0 unspecified atom stereocenters. The monoisotopic (exact) mass is 177 g/mol. The van der Waals surface area contributed by atoms with Crippen LogP contribution in [0, 0.1) is 11.3 Å². The fraction of sp³-hybridized carbons (Fsp3) is 0.111. The van der Waals surface area contributed by atoms with Gasteiger partial charge in [0, 0.05) is 0 Å². The van der Waals surface area contributed by atoms with E-state index in [1.807, 2.05) is 6.07 Å². The van der Waals surface area contributed by atoms with Gasteiger partial charge in [-0.2, -0.15) is 5.26 Å². The quantitative estimate of drug-likeness (QED) is 0.702. The Morgan fingerprint density at radius 3 is 2.69 bits per heavy atom. The van der Waals surface area contributed by atoms with Crippen molar-refractivity contribution in [1.29, 1.82) is 5.26 Å². The summed E-state index contributed by atoms with van der Waals surface area (Å²) in [5, 5.41) is 26.1. The van der Waals surface area contributed by atoms with Crippen molar-refractivity contribution in [3.63, 3.8) is 0 Å². The van der Waals surface area contributed by atoms with E-state index in [-0.39, 0.29) is 17.7 Å². The van der Waals surface area contributed by atoms with Gasteiger partial charge in [-0.15, -0.1) is 0 Å². The molecule has 0 fully saturated rings. The number of carboxylic acids is 1. The Morgan fingerprint density at radius 2 is 2.15 bits per heavy atom. The third-order valence-corrected chi connectivity index (χ3v) is 1.46. The van der Waals surface area contributed by atoms with E-state index in [2.05, 4.69) is 0 Å². The van der Waals surface area contributed by atoms with Crippen LogP contribution in [0.1, 0.15) is 11.1 Å². The topological polar surface area (TPSA) is 81.3 Å². The molecule has 4 heteroatoms. The minimum absolute atomic E-state index is 0.0877. The van der Waals surface area contributed by atoms with Crippen molar-refractivity contribution in [3.05, 3.63) is 29.3 Å². The van der Waals surface area contributed by atoms with Crippen LogP contribution in [-0.4, -0.2) is 16.2 Å². The van der Waals surface area contributed by atoms with E-state index in [0.29, 0.717) is 5.56 Å². The van der Waals surface area contributed by atoms with Gasteiger partial charge in [-0.1, -0.05) is 0 Å². The van der Waals surface area contributed by atoms with Gasteiger partial charge < -0.3 is 10.2 Å². The number of carboxylic acid groups (broad SMARTS) is 1. The van der Waals surface area contributed by atoms with Crippen LogP contribution < -0.4 is 0 Å². The lowest BCUT2D eigenvalue weighted by atomic mass is 10.1. The highest BCUT2D eigenvalue weighted by Crippen LogP contribution is 2.15. The molecule has 0 bridgehead atoms. The second-order valence-corrected chi connectivity index (χ2v) is 2.57. The zero-order valence-corrected chi connectivity index (χ0v) is 6.69.